The summed E-state index contributed by atoms with van der Waals surface area (Å²) in [6.45, 7) is 0.183. The molecule has 0 amide bonds. The molecule has 0 spiro atoms. The number of nitrogens with one attached hydrogen (secondary N) is 1. The van der Waals surface area contributed by atoms with Crippen LogP contribution in [-0.2, 0) is 16.6 Å². The SMILES string of the molecule is N#Cc1ccc(S(=O)(=O)NCc2ccc(N)cc2)cc1. The number of hydrogen-bond acceptors (Lipinski definition) is 4. The molecule has 20 heavy (non-hydrogen) atoms. The van der Waals surface area contributed by atoms with Crippen LogP contribution in [0, 0.1) is 11.3 Å². The zero-order valence-corrected chi connectivity index (χ0v) is 11.4. The normalized spacial score (nSPS) is 10.9. The van der Waals surface area contributed by atoms with Crippen LogP contribution in [0.15, 0.2) is 53.4 Å². The molecular weight excluding hydrogens is 274 g/mol. The van der Waals surface area contributed by atoms with E-state index in [0.29, 0.717) is 11.3 Å². The minimum absolute atomic E-state index is 0.131. The molecule has 5 nitrogen and oxygen atoms in total. The van der Waals surface area contributed by atoms with Crippen LogP contribution >= 0.6 is 0 Å². The Morgan fingerprint density at radius 3 is 2.20 bits per heavy atom. The van der Waals surface area contributed by atoms with Crippen molar-refractivity contribution in [3.05, 3.63) is 59.7 Å². The largest absolute Gasteiger partial charge is 0.399 e. The molecule has 0 aliphatic heterocycles. The van der Waals surface area contributed by atoms with Gasteiger partial charge in [-0.25, -0.2) is 13.1 Å². The Morgan fingerprint density at radius 1 is 1.05 bits per heavy atom. The highest BCUT2D eigenvalue weighted by Gasteiger charge is 2.13. The van der Waals surface area contributed by atoms with Gasteiger partial charge in [-0.15, -0.1) is 0 Å². The molecule has 0 aromatic heterocycles. The topological polar surface area (TPSA) is 96.0 Å². The van der Waals surface area contributed by atoms with E-state index in [4.69, 9.17) is 11.0 Å². The van der Waals surface area contributed by atoms with E-state index in [1.807, 2.05) is 6.07 Å². The van der Waals surface area contributed by atoms with Crippen molar-refractivity contribution < 1.29 is 8.42 Å². The van der Waals surface area contributed by atoms with E-state index < -0.39 is 10.0 Å². The van der Waals surface area contributed by atoms with Gasteiger partial charge in [-0.3, -0.25) is 0 Å². The second-order valence-electron chi connectivity index (χ2n) is 4.20. The Balaban J connectivity index is 2.10. The monoisotopic (exact) mass is 287 g/mol. The summed E-state index contributed by atoms with van der Waals surface area (Å²) in [6, 6.07) is 14.6. The first-order valence-electron chi connectivity index (χ1n) is 5.85. The van der Waals surface area contributed by atoms with E-state index in [0.717, 1.165) is 5.56 Å². The highest BCUT2D eigenvalue weighted by atomic mass is 32.2. The number of hydrogen-bond donors (Lipinski definition) is 2. The van der Waals surface area contributed by atoms with Crippen molar-refractivity contribution in [3.63, 3.8) is 0 Å². The van der Waals surface area contributed by atoms with Gasteiger partial charge in [-0.1, -0.05) is 12.1 Å². The molecule has 2 rings (SSSR count). The Bertz CT molecular complexity index is 729. The quantitative estimate of drug-likeness (QED) is 0.835. The fourth-order valence-electron chi connectivity index (χ4n) is 1.61. The number of nitrogens with zero attached hydrogens (tertiary/aromatic N) is 1. The molecule has 0 aliphatic rings. The van der Waals surface area contributed by atoms with Crippen molar-refractivity contribution in [2.24, 2.45) is 0 Å². The molecule has 2 aromatic rings. The maximum Gasteiger partial charge on any atom is 0.240 e. The molecule has 0 bridgehead atoms. The molecule has 0 heterocycles. The summed E-state index contributed by atoms with van der Waals surface area (Å²) in [7, 11) is -3.58. The second-order valence-corrected chi connectivity index (χ2v) is 5.97. The second kappa shape index (κ2) is 5.74. The minimum Gasteiger partial charge on any atom is -0.399 e. The average molecular weight is 287 g/mol. The van der Waals surface area contributed by atoms with Gasteiger partial charge in [0.2, 0.25) is 10.0 Å². The number of anilines is 1. The van der Waals surface area contributed by atoms with Crippen molar-refractivity contribution in [2.75, 3.05) is 5.73 Å². The van der Waals surface area contributed by atoms with Gasteiger partial charge < -0.3 is 5.73 Å². The molecule has 0 aliphatic carbocycles. The van der Waals surface area contributed by atoms with Crippen molar-refractivity contribution in [3.8, 4) is 6.07 Å². The first kappa shape index (κ1) is 14.1. The van der Waals surface area contributed by atoms with Gasteiger partial charge in [0, 0.05) is 12.2 Å². The molecule has 102 valence electrons. The van der Waals surface area contributed by atoms with Crippen molar-refractivity contribution in [2.45, 2.75) is 11.4 Å². The first-order valence-corrected chi connectivity index (χ1v) is 7.34. The van der Waals surface area contributed by atoms with Crippen molar-refractivity contribution >= 4 is 15.7 Å². The number of nitrogens with two attached hydrogens (primary N) is 1. The summed E-state index contributed by atoms with van der Waals surface area (Å²) >= 11 is 0. The molecule has 0 unspecified atom stereocenters. The summed E-state index contributed by atoms with van der Waals surface area (Å²) < 4.78 is 26.6. The van der Waals surface area contributed by atoms with Gasteiger partial charge in [0.05, 0.1) is 16.5 Å². The van der Waals surface area contributed by atoms with Crippen molar-refractivity contribution in [1.82, 2.24) is 4.72 Å². The Hall–Kier alpha value is -2.36. The number of rotatable bonds is 4. The number of sulfonamides is 1. The van der Waals surface area contributed by atoms with E-state index in [-0.39, 0.29) is 11.4 Å². The molecule has 0 fully saturated rings. The third-order valence-corrected chi connectivity index (χ3v) is 4.16. The predicted octanol–water partition coefficient (Wildman–Crippen LogP) is 1.62. The standard InChI is InChI=1S/C14H13N3O2S/c15-9-11-3-7-14(8-4-11)20(18,19)17-10-12-1-5-13(16)6-2-12/h1-8,17H,10,16H2. The molecule has 0 saturated heterocycles. The smallest absolute Gasteiger partial charge is 0.240 e. The van der Waals surface area contributed by atoms with E-state index in [1.165, 1.54) is 24.3 Å². The maximum atomic E-state index is 12.1. The molecular formula is C14H13N3O2S. The molecule has 0 atom stereocenters. The van der Waals surface area contributed by atoms with Crippen LogP contribution in [0.25, 0.3) is 0 Å². The summed E-state index contributed by atoms with van der Waals surface area (Å²) in [5.41, 5.74) is 7.43. The maximum absolute atomic E-state index is 12.1. The minimum atomic E-state index is -3.58. The molecule has 6 heteroatoms. The van der Waals surface area contributed by atoms with Crippen LogP contribution in [0.5, 0.6) is 0 Å². The lowest BCUT2D eigenvalue weighted by Crippen LogP contribution is -2.23. The predicted molar refractivity (Wildman–Crippen MR) is 76.0 cm³/mol. The fourth-order valence-corrected chi connectivity index (χ4v) is 2.62. The van der Waals surface area contributed by atoms with Gasteiger partial charge in [-0.05, 0) is 42.0 Å². The highest BCUT2D eigenvalue weighted by molar-refractivity contribution is 7.89. The Labute approximate surface area is 117 Å². The van der Waals surface area contributed by atoms with Crippen LogP contribution in [0.1, 0.15) is 11.1 Å². The third kappa shape index (κ3) is 3.35. The van der Waals surface area contributed by atoms with Crippen LogP contribution in [0.3, 0.4) is 0 Å². The summed E-state index contributed by atoms with van der Waals surface area (Å²) in [6.07, 6.45) is 0. The van der Waals surface area contributed by atoms with Crippen LogP contribution in [0.2, 0.25) is 0 Å². The number of nitrogen functional groups attached to an aromatic ring is 1. The highest BCUT2D eigenvalue weighted by Crippen LogP contribution is 2.11. The third-order valence-electron chi connectivity index (χ3n) is 2.74. The fraction of sp³-hybridized carbons (Fsp3) is 0.0714. The first-order chi connectivity index (χ1) is 9.51. The van der Waals surface area contributed by atoms with E-state index in [2.05, 4.69) is 4.72 Å². The van der Waals surface area contributed by atoms with Gasteiger partial charge in [0.1, 0.15) is 0 Å². The lowest BCUT2D eigenvalue weighted by Gasteiger charge is -2.07. The van der Waals surface area contributed by atoms with Crippen molar-refractivity contribution in [1.29, 1.82) is 5.26 Å². The summed E-state index contributed by atoms with van der Waals surface area (Å²) in [4.78, 5) is 0.131. The van der Waals surface area contributed by atoms with E-state index in [1.54, 1.807) is 24.3 Å². The lowest BCUT2D eigenvalue weighted by molar-refractivity contribution is 0.581. The molecule has 0 radical (unpaired) electrons. The lowest BCUT2D eigenvalue weighted by atomic mass is 10.2. The molecule has 2 aromatic carbocycles. The number of nitriles is 1. The van der Waals surface area contributed by atoms with Gasteiger partial charge >= 0.3 is 0 Å². The Kier molecular flexibility index (Phi) is 4.03. The average Bonchev–Trinajstić information content (AvgIpc) is 2.47. The van der Waals surface area contributed by atoms with E-state index >= 15 is 0 Å². The summed E-state index contributed by atoms with van der Waals surface area (Å²) in [5.74, 6) is 0. The van der Waals surface area contributed by atoms with Crippen LogP contribution < -0.4 is 10.5 Å². The zero-order valence-electron chi connectivity index (χ0n) is 10.6. The van der Waals surface area contributed by atoms with Crippen LogP contribution in [-0.4, -0.2) is 8.42 Å². The van der Waals surface area contributed by atoms with E-state index in [9.17, 15) is 8.42 Å². The summed E-state index contributed by atoms with van der Waals surface area (Å²) in [5, 5.41) is 8.68. The zero-order chi connectivity index (χ0) is 14.6. The van der Waals surface area contributed by atoms with Gasteiger partial charge in [0.15, 0.2) is 0 Å². The molecule has 0 saturated carbocycles. The Morgan fingerprint density at radius 2 is 1.65 bits per heavy atom. The van der Waals surface area contributed by atoms with Gasteiger partial charge in [-0.2, -0.15) is 5.26 Å². The van der Waals surface area contributed by atoms with Crippen LogP contribution in [0.4, 0.5) is 5.69 Å². The molecule has 3 N–H and O–H groups in total. The number of benzene rings is 2. The van der Waals surface area contributed by atoms with Gasteiger partial charge in [0.25, 0.3) is 0 Å².